The molecule has 0 unspecified atom stereocenters. The number of H-pyrrole nitrogens is 1. The number of nitrogens with one attached hydrogen (secondary N) is 1. The van der Waals surface area contributed by atoms with Crippen molar-refractivity contribution in [3.05, 3.63) is 68.4 Å². The normalized spacial score (nSPS) is 14.4. The monoisotopic (exact) mass is 369 g/mol. The van der Waals surface area contributed by atoms with Gasteiger partial charge in [-0.2, -0.15) is 5.10 Å². The first-order valence-corrected chi connectivity index (χ1v) is 8.97. The van der Waals surface area contributed by atoms with Crippen LogP contribution in [-0.4, -0.2) is 31.2 Å². The Bertz CT molecular complexity index is 1010. The molecular weight excluding hydrogens is 350 g/mol. The molecule has 26 heavy (non-hydrogen) atoms. The van der Waals surface area contributed by atoms with Gasteiger partial charge in [0.25, 0.3) is 5.56 Å². The highest BCUT2D eigenvalue weighted by Crippen LogP contribution is 2.21. The van der Waals surface area contributed by atoms with Crippen molar-refractivity contribution < 1.29 is 0 Å². The minimum Gasteiger partial charge on any atom is -0.306 e. The van der Waals surface area contributed by atoms with E-state index >= 15 is 0 Å². The van der Waals surface area contributed by atoms with Gasteiger partial charge in [0.2, 0.25) is 0 Å². The van der Waals surface area contributed by atoms with Crippen LogP contribution < -0.4 is 5.56 Å². The van der Waals surface area contributed by atoms with Crippen molar-refractivity contribution in [2.45, 2.75) is 26.4 Å². The van der Waals surface area contributed by atoms with Crippen molar-refractivity contribution in [3.8, 4) is 11.4 Å². The predicted molar refractivity (Wildman–Crippen MR) is 101 cm³/mol. The third-order valence-corrected chi connectivity index (χ3v) is 5.03. The first-order valence-electron chi connectivity index (χ1n) is 8.59. The summed E-state index contributed by atoms with van der Waals surface area (Å²) in [5.74, 6) is 0.599. The number of aryl methyl sites for hydroxylation is 2. The van der Waals surface area contributed by atoms with Gasteiger partial charge in [0.15, 0.2) is 0 Å². The maximum absolute atomic E-state index is 12.6. The van der Waals surface area contributed by atoms with E-state index in [1.54, 1.807) is 12.1 Å². The Labute approximate surface area is 156 Å². The van der Waals surface area contributed by atoms with E-state index in [0.29, 0.717) is 17.4 Å². The topological polar surface area (TPSA) is 66.8 Å². The zero-order chi connectivity index (χ0) is 18.3. The summed E-state index contributed by atoms with van der Waals surface area (Å²) in [6, 6.07) is 7.34. The molecule has 2 aromatic heterocycles. The van der Waals surface area contributed by atoms with Gasteiger partial charge in [-0.1, -0.05) is 11.6 Å². The predicted octanol–water partition coefficient (Wildman–Crippen LogP) is 2.69. The molecule has 1 N–H and O–H groups in total. The second-order valence-electron chi connectivity index (χ2n) is 6.72. The Hall–Kier alpha value is -2.44. The first kappa shape index (κ1) is 17.0. The molecule has 6 nitrogen and oxygen atoms in total. The van der Waals surface area contributed by atoms with Crippen LogP contribution in [0.3, 0.4) is 0 Å². The highest BCUT2D eigenvalue weighted by Gasteiger charge is 2.22. The smallest absolute Gasteiger partial charge is 0.255 e. The maximum atomic E-state index is 12.6. The number of aromatic amines is 1. The number of fused-ring (bicyclic) bond motifs is 1. The van der Waals surface area contributed by atoms with E-state index in [4.69, 9.17) is 16.6 Å². The lowest BCUT2D eigenvalue weighted by atomic mass is 10.1. The number of rotatable bonds is 3. The summed E-state index contributed by atoms with van der Waals surface area (Å²) in [5.41, 5.74) is 4.67. The SMILES string of the molecule is Cc1nn(C)cc1CN1CCc2nc(-c3ccc(Cl)cc3)[nH]c(=O)c2C1. The van der Waals surface area contributed by atoms with Gasteiger partial charge in [0, 0.05) is 55.4 Å². The van der Waals surface area contributed by atoms with Gasteiger partial charge in [-0.3, -0.25) is 14.4 Å². The van der Waals surface area contributed by atoms with Gasteiger partial charge in [-0.25, -0.2) is 4.98 Å². The summed E-state index contributed by atoms with van der Waals surface area (Å²) in [4.78, 5) is 22.5. The molecule has 0 saturated carbocycles. The molecule has 0 atom stereocenters. The molecular formula is C19H20ClN5O. The van der Waals surface area contributed by atoms with E-state index in [-0.39, 0.29) is 5.56 Å². The standard InChI is InChI=1S/C19H20ClN5O/c1-12-14(9-24(2)23-12)10-25-8-7-17-16(11-25)19(26)22-18(21-17)13-3-5-15(20)6-4-13/h3-6,9H,7-8,10-11H2,1-2H3,(H,21,22,26). The molecule has 1 aromatic carbocycles. The fourth-order valence-corrected chi connectivity index (χ4v) is 3.53. The average Bonchev–Trinajstić information content (AvgIpc) is 2.93. The average molecular weight is 370 g/mol. The van der Waals surface area contributed by atoms with Crippen molar-refractivity contribution in [2.75, 3.05) is 6.54 Å². The zero-order valence-corrected chi connectivity index (χ0v) is 15.5. The van der Waals surface area contributed by atoms with E-state index in [0.717, 1.165) is 42.0 Å². The van der Waals surface area contributed by atoms with Gasteiger partial charge >= 0.3 is 0 Å². The summed E-state index contributed by atoms with van der Waals surface area (Å²) in [6.07, 6.45) is 2.80. The summed E-state index contributed by atoms with van der Waals surface area (Å²) in [6.45, 7) is 4.28. The number of nitrogens with zero attached hydrogens (tertiary/aromatic N) is 4. The molecule has 1 aliphatic rings. The number of halogens is 1. The number of aromatic nitrogens is 4. The second kappa shape index (κ2) is 6.70. The number of benzene rings is 1. The van der Waals surface area contributed by atoms with Crippen LogP contribution in [0.2, 0.25) is 5.02 Å². The summed E-state index contributed by atoms with van der Waals surface area (Å²) < 4.78 is 1.83. The quantitative estimate of drug-likeness (QED) is 0.770. The summed E-state index contributed by atoms with van der Waals surface area (Å²) in [5, 5.41) is 5.05. The van der Waals surface area contributed by atoms with Crippen molar-refractivity contribution in [1.29, 1.82) is 0 Å². The largest absolute Gasteiger partial charge is 0.306 e. The lowest BCUT2D eigenvalue weighted by Crippen LogP contribution is -2.35. The van der Waals surface area contributed by atoms with E-state index in [1.165, 1.54) is 5.56 Å². The third kappa shape index (κ3) is 3.30. The Morgan fingerprint density at radius 2 is 2.04 bits per heavy atom. The van der Waals surface area contributed by atoms with Crippen molar-refractivity contribution in [3.63, 3.8) is 0 Å². The molecule has 4 rings (SSSR count). The van der Waals surface area contributed by atoms with E-state index < -0.39 is 0 Å². The molecule has 3 heterocycles. The second-order valence-corrected chi connectivity index (χ2v) is 7.16. The molecule has 7 heteroatoms. The maximum Gasteiger partial charge on any atom is 0.255 e. The Morgan fingerprint density at radius 3 is 2.73 bits per heavy atom. The Balaban J connectivity index is 1.59. The lowest BCUT2D eigenvalue weighted by molar-refractivity contribution is 0.241. The van der Waals surface area contributed by atoms with Crippen LogP contribution in [-0.2, 0) is 26.6 Å². The van der Waals surface area contributed by atoms with Gasteiger partial charge < -0.3 is 4.98 Å². The first-order chi connectivity index (χ1) is 12.5. The molecule has 0 fully saturated rings. The molecule has 3 aromatic rings. The Morgan fingerprint density at radius 1 is 1.27 bits per heavy atom. The molecule has 0 bridgehead atoms. The number of hydrogen-bond acceptors (Lipinski definition) is 4. The third-order valence-electron chi connectivity index (χ3n) is 4.77. The molecule has 0 saturated heterocycles. The van der Waals surface area contributed by atoms with Gasteiger partial charge in [0.1, 0.15) is 5.82 Å². The minimum absolute atomic E-state index is 0.0624. The Kier molecular flexibility index (Phi) is 4.38. The minimum atomic E-state index is -0.0624. The van der Waals surface area contributed by atoms with Gasteiger partial charge in [-0.15, -0.1) is 0 Å². The molecule has 134 valence electrons. The molecule has 0 spiro atoms. The fraction of sp³-hybridized carbons (Fsp3) is 0.316. The molecule has 0 amide bonds. The fourth-order valence-electron chi connectivity index (χ4n) is 3.41. The van der Waals surface area contributed by atoms with E-state index in [2.05, 4.69) is 15.0 Å². The van der Waals surface area contributed by atoms with Crippen LogP contribution in [0.1, 0.15) is 22.5 Å². The molecule has 1 aliphatic heterocycles. The lowest BCUT2D eigenvalue weighted by Gasteiger charge is -2.27. The van der Waals surface area contributed by atoms with E-state index in [9.17, 15) is 4.79 Å². The molecule has 0 aliphatic carbocycles. The van der Waals surface area contributed by atoms with Gasteiger partial charge in [0.05, 0.1) is 17.0 Å². The van der Waals surface area contributed by atoms with Crippen LogP contribution in [0.15, 0.2) is 35.3 Å². The molecule has 0 radical (unpaired) electrons. The highest BCUT2D eigenvalue weighted by molar-refractivity contribution is 6.30. The summed E-state index contributed by atoms with van der Waals surface area (Å²) in [7, 11) is 1.93. The van der Waals surface area contributed by atoms with Crippen LogP contribution in [0, 0.1) is 6.92 Å². The van der Waals surface area contributed by atoms with Crippen molar-refractivity contribution in [2.24, 2.45) is 7.05 Å². The van der Waals surface area contributed by atoms with Crippen LogP contribution in [0.5, 0.6) is 0 Å². The van der Waals surface area contributed by atoms with Crippen molar-refractivity contribution in [1.82, 2.24) is 24.6 Å². The van der Waals surface area contributed by atoms with Crippen LogP contribution in [0.4, 0.5) is 0 Å². The van der Waals surface area contributed by atoms with Gasteiger partial charge in [-0.05, 0) is 31.2 Å². The zero-order valence-electron chi connectivity index (χ0n) is 14.8. The van der Waals surface area contributed by atoms with Crippen LogP contribution >= 0.6 is 11.6 Å². The number of hydrogen-bond donors (Lipinski definition) is 1. The summed E-state index contributed by atoms with van der Waals surface area (Å²) >= 11 is 5.94. The van der Waals surface area contributed by atoms with Crippen LogP contribution in [0.25, 0.3) is 11.4 Å². The van der Waals surface area contributed by atoms with E-state index in [1.807, 2.05) is 37.0 Å². The highest BCUT2D eigenvalue weighted by atomic mass is 35.5. The van der Waals surface area contributed by atoms with Crippen molar-refractivity contribution >= 4 is 11.6 Å².